The van der Waals surface area contributed by atoms with E-state index in [1.807, 2.05) is 0 Å². The van der Waals surface area contributed by atoms with E-state index in [0.29, 0.717) is 13.0 Å². The third kappa shape index (κ3) is 2.53. The van der Waals surface area contributed by atoms with Gasteiger partial charge in [0, 0.05) is 6.61 Å². The van der Waals surface area contributed by atoms with Crippen LogP contribution in [0.25, 0.3) is 0 Å². The number of nitrogens with two attached hydrogens (primary N) is 1. The van der Waals surface area contributed by atoms with Gasteiger partial charge >= 0.3 is 0 Å². The lowest BCUT2D eigenvalue weighted by Crippen LogP contribution is -2.64. The highest BCUT2D eigenvalue weighted by atomic mass is 16.5. The van der Waals surface area contributed by atoms with Crippen molar-refractivity contribution in [2.24, 2.45) is 5.73 Å². The van der Waals surface area contributed by atoms with Gasteiger partial charge in [0.15, 0.2) is 0 Å². The summed E-state index contributed by atoms with van der Waals surface area (Å²) in [5.74, 6) is -0.267. The first-order chi connectivity index (χ1) is 7.08. The van der Waals surface area contributed by atoms with Crippen molar-refractivity contribution in [3.8, 4) is 0 Å². The molecular weight excluding hydrogens is 208 g/mol. The Kier molecular flexibility index (Phi) is 3.34. The fourth-order valence-corrected chi connectivity index (χ4v) is 1.32. The third-order valence-electron chi connectivity index (χ3n) is 3.46. The third-order valence-corrected chi connectivity index (χ3v) is 3.46. The number of amides is 1. The summed E-state index contributed by atoms with van der Waals surface area (Å²) in [5.41, 5.74) is 3.23. The maximum Gasteiger partial charge on any atom is 0.243 e. The number of nitrogens with one attached hydrogen (secondary N) is 1. The van der Waals surface area contributed by atoms with Gasteiger partial charge in [0.1, 0.15) is 5.54 Å². The van der Waals surface area contributed by atoms with E-state index in [4.69, 9.17) is 10.5 Å². The standard InChI is InChI=1S/C11H22N2O3/c1-9(2,10(3,4)15)13-8(14)11(12)5-6-16-7-11/h15H,5-7,12H2,1-4H3,(H,13,14). The molecule has 1 fully saturated rings. The van der Waals surface area contributed by atoms with E-state index in [0.717, 1.165) is 0 Å². The van der Waals surface area contributed by atoms with Crippen LogP contribution in [-0.4, -0.2) is 40.9 Å². The predicted octanol–water partition coefficient (Wildman–Crippen LogP) is -0.230. The molecule has 0 spiro atoms. The Morgan fingerprint density at radius 3 is 2.38 bits per heavy atom. The van der Waals surface area contributed by atoms with E-state index in [1.54, 1.807) is 27.7 Å². The van der Waals surface area contributed by atoms with E-state index in [2.05, 4.69) is 5.32 Å². The summed E-state index contributed by atoms with van der Waals surface area (Å²) in [7, 11) is 0. The molecule has 0 aromatic carbocycles. The highest BCUT2D eigenvalue weighted by Gasteiger charge is 2.43. The number of hydrogen-bond donors (Lipinski definition) is 3. The molecule has 1 atom stereocenters. The summed E-state index contributed by atoms with van der Waals surface area (Å²) in [6.07, 6.45) is 0.515. The van der Waals surface area contributed by atoms with Gasteiger partial charge in [-0.1, -0.05) is 0 Å². The Morgan fingerprint density at radius 1 is 1.44 bits per heavy atom. The summed E-state index contributed by atoms with van der Waals surface area (Å²) < 4.78 is 5.13. The Labute approximate surface area is 96.3 Å². The molecule has 0 radical (unpaired) electrons. The highest BCUT2D eigenvalue weighted by Crippen LogP contribution is 2.23. The zero-order valence-corrected chi connectivity index (χ0v) is 10.5. The van der Waals surface area contributed by atoms with Crippen molar-refractivity contribution >= 4 is 5.91 Å². The summed E-state index contributed by atoms with van der Waals surface area (Å²) in [4.78, 5) is 12.0. The monoisotopic (exact) mass is 230 g/mol. The van der Waals surface area contributed by atoms with E-state index < -0.39 is 16.7 Å². The van der Waals surface area contributed by atoms with Gasteiger partial charge in [-0.2, -0.15) is 0 Å². The minimum absolute atomic E-state index is 0.237. The number of rotatable bonds is 3. The van der Waals surface area contributed by atoms with Gasteiger partial charge in [-0.05, 0) is 34.1 Å². The highest BCUT2D eigenvalue weighted by molar-refractivity contribution is 5.87. The van der Waals surface area contributed by atoms with Gasteiger partial charge in [0.25, 0.3) is 0 Å². The molecule has 5 nitrogen and oxygen atoms in total. The van der Waals surface area contributed by atoms with Crippen LogP contribution in [-0.2, 0) is 9.53 Å². The maximum absolute atomic E-state index is 12.0. The lowest BCUT2D eigenvalue weighted by atomic mass is 9.84. The van der Waals surface area contributed by atoms with Crippen molar-refractivity contribution < 1.29 is 14.6 Å². The summed E-state index contributed by atoms with van der Waals surface area (Å²) >= 11 is 0. The smallest absolute Gasteiger partial charge is 0.243 e. The SMILES string of the molecule is CC(C)(O)C(C)(C)NC(=O)C1(N)CCOC1. The molecule has 1 unspecified atom stereocenters. The predicted molar refractivity (Wildman–Crippen MR) is 60.9 cm³/mol. The van der Waals surface area contributed by atoms with Crippen LogP contribution in [0, 0.1) is 0 Å². The van der Waals surface area contributed by atoms with Crippen LogP contribution in [0.3, 0.4) is 0 Å². The Hall–Kier alpha value is -0.650. The molecule has 16 heavy (non-hydrogen) atoms. The minimum atomic E-state index is -1.02. The van der Waals surface area contributed by atoms with E-state index in [-0.39, 0.29) is 12.5 Å². The molecule has 1 aliphatic heterocycles. The number of hydrogen-bond acceptors (Lipinski definition) is 4. The van der Waals surface area contributed by atoms with Crippen LogP contribution in [0.15, 0.2) is 0 Å². The second-order valence-electron chi connectivity index (χ2n) is 5.60. The molecule has 1 heterocycles. The average molecular weight is 230 g/mol. The molecular formula is C11H22N2O3. The van der Waals surface area contributed by atoms with Gasteiger partial charge in [0.2, 0.25) is 5.91 Å². The fourth-order valence-electron chi connectivity index (χ4n) is 1.32. The molecule has 0 aliphatic carbocycles. The first-order valence-corrected chi connectivity index (χ1v) is 5.50. The molecule has 1 aliphatic rings. The molecule has 1 amide bonds. The second-order valence-corrected chi connectivity index (χ2v) is 5.60. The fraction of sp³-hybridized carbons (Fsp3) is 0.909. The summed E-state index contributed by atoms with van der Waals surface area (Å²) in [6.45, 7) is 7.59. The summed E-state index contributed by atoms with van der Waals surface area (Å²) in [6, 6.07) is 0. The molecule has 0 aromatic heterocycles. The molecule has 0 bridgehead atoms. The van der Waals surface area contributed by atoms with Gasteiger partial charge < -0.3 is 20.9 Å². The normalized spacial score (nSPS) is 26.9. The lowest BCUT2D eigenvalue weighted by Gasteiger charge is -2.39. The summed E-state index contributed by atoms with van der Waals surface area (Å²) in [5, 5.41) is 12.7. The Balaban J connectivity index is 2.71. The molecule has 0 saturated carbocycles. The quantitative estimate of drug-likeness (QED) is 0.625. The Bertz CT molecular complexity index is 275. The van der Waals surface area contributed by atoms with Crippen molar-refractivity contribution in [2.75, 3.05) is 13.2 Å². The molecule has 1 saturated heterocycles. The second kappa shape index (κ2) is 3.98. The van der Waals surface area contributed by atoms with Crippen LogP contribution in [0.2, 0.25) is 0 Å². The van der Waals surface area contributed by atoms with Gasteiger partial charge in [0.05, 0.1) is 17.7 Å². The van der Waals surface area contributed by atoms with Crippen molar-refractivity contribution in [1.29, 1.82) is 0 Å². The van der Waals surface area contributed by atoms with Crippen molar-refractivity contribution in [1.82, 2.24) is 5.32 Å². The lowest BCUT2D eigenvalue weighted by molar-refractivity contribution is -0.131. The topological polar surface area (TPSA) is 84.6 Å². The van der Waals surface area contributed by atoms with Crippen LogP contribution >= 0.6 is 0 Å². The number of carbonyl (C=O) groups excluding carboxylic acids is 1. The minimum Gasteiger partial charge on any atom is -0.388 e. The largest absolute Gasteiger partial charge is 0.388 e. The van der Waals surface area contributed by atoms with Crippen molar-refractivity contribution in [3.63, 3.8) is 0 Å². The molecule has 0 aromatic rings. The van der Waals surface area contributed by atoms with Crippen LogP contribution in [0.4, 0.5) is 0 Å². The molecule has 5 heteroatoms. The van der Waals surface area contributed by atoms with Crippen molar-refractivity contribution in [2.45, 2.75) is 50.8 Å². The van der Waals surface area contributed by atoms with E-state index in [9.17, 15) is 9.90 Å². The van der Waals surface area contributed by atoms with Crippen molar-refractivity contribution in [3.05, 3.63) is 0 Å². The molecule has 1 rings (SSSR count). The van der Waals surface area contributed by atoms with Gasteiger partial charge in [-0.15, -0.1) is 0 Å². The van der Waals surface area contributed by atoms with Gasteiger partial charge in [-0.25, -0.2) is 0 Å². The van der Waals surface area contributed by atoms with Gasteiger partial charge in [-0.3, -0.25) is 4.79 Å². The first-order valence-electron chi connectivity index (χ1n) is 5.50. The number of aliphatic hydroxyl groups is 1. The Morgan fingerprint density at radius 2 is 2.00 bits per heavy atom. The zero-order chi connectivity index (χ0) is 12.6. The molecule has 94 valence electrons. The molecule has 4 N–H and O–H groups in total. The first kappa shape index (κ1) is 13.4. The number of carbonyl (C=O) groups is 1. The van der Waals surface area contributed by atoms with Crippen LogP contribution < -0.4 is 11.1 Å². The average Bonchev–Trinajstić information content (AvgIpc) is 2.50. The maximum atomic E-state index is 12.0. The van der Waals surface area contributed by atoms with E-state index in [1.165, 1.54) is 0 Å². The van der Waals surface area contributed by atoms with E-state index >= 15 is 0 Å². The van der Waals surface area contributed by atoms with Crippen LogP contribution in [0.1, 0.15) is 34.1 Å². The van der Waals surface area contributed by atoms with Crippen LogP contribution in [0.5, 0.6) is 0 Å². The zero-order valence-electron chi connectivity index (χ0n) is 10.5. The number of ether oxygens (including phenoxy) is 1.